The van der Waals surface area contributed by atoms with Gasteiger partial charge in [0, 0.05) is 0 Å². The van der Waals surface area contributed by atoms with E-state index in [0.717, 1.165) is 5.68 Å². The van der Waals surface area contributed by atoms with Crippen LogP contribution in [0.25, 0.3) is 11.1 Å². The molecule has 0 saturated carbocycles. The number of hydrogen-bond donors (Lipinski definition) is 0. The van der Waals surface area contributed by atoms with Crippen molar-refractivity contribution in [2.75, 3.05) is 0 Å². The minimum atomic E-state index is -1.91. The molecule has 0 amide bonds. The standard InChI is InChI=1S/C21H26Si2/c1-22(2,3)21-20(18-14-10-7-11-15-18)19(16-23(21,4)5)17-12-8-6-9-13-17/h6-16H,1-5H3/i16D. The van der Waals surface area contributed by atoms with Crippen LogP contribution in [0.1, 0.15) is 12.5 Å². The third-order valence-electron chi connectivity index (χ3n) is 4.44. The Morgan fingerprint density at radius 3 is 1.74 bits per heavy atom. The lowest BCUT2D eigenvalue weighted by molar-refractivity contribution is 1.58. The maximum absolute atomic E-state index is 9.04. The lowest BCUT2D eigenvalue weighted by Crippen LogP contribution is -2.40. The summed E-state index contributed by atoms with van der Waals surface area (Å²) in [6.07, 6.45) is 0. The van der Waals surface area contributed by atoms with Crippen molar-refractivity contribution in [2.24, 2.45) is 0 Å². The van der Waals surface area contributed by atoms with E-state index >= 15 is 0 Å². The molecule has 0 saturated heterocycles. The number of benzene rings is 2. The van der Waals surface area contributed by atoms with Crippen LogP contribution in [-0.2, 0) is 0 Å². The molecule has 1 aliphatic rings. The van der Waals surface area contributed by atoms with Crippen LogP contribution in [-0.4, -0.2) is 16.1 Å². The molecule has 0 atom stereocenters. The normalized spacial score (nSPS) is 18.4. The Kier molecular flexibility index (Phi) is 3.74. The zero-order chi connectivity index (χ0) is 17.5. The molecule has 23 heavy (non-hydrogen) atoms. The van der Waals surface area contributed by atoms with E-state index < -0.39 is 16.1 Å². The minimum absolute atomic E-state index is 0.893. The van der Waals surface area contributed by atoms with Crippen LogP contribution >= 0.6 is 0 Å². The van der Waals surface area contributed by atoms with Gasteiger partial charge in [0.05, 0.1) is 17.5 Å². The summed E-state index contributed by atoms with van der Waals surface area (Å²) >= 11 is 0. The zero-order valence-electron chi connectivity index (χ0n) is 15.8. The second-order valence-electron chi connectivity index (χ2n) is 7.86. The van der Waals surface area contributed by atoms with E-state index in [9.17, 15) is 0 Å². The topological polar surface area (TPSA) is 0 Å². The Morgan fingerprint density at radius 1 is 0.783 bits per heavy atom. The van der Waals surface area contributed by atoms with Crippen molar-refractivity contribution in [2.45, 2.75) is 32.7 Å². The molecular formula is C21H26Si2. The van der Waals surface area contributed by atoms with E-state index in [1.165, 1.54) is 22.3 Å². The third-order valence-corrected chi connectivity index (χ3v) is 12.7. The largest absolute Gasteiger partial charge is 0.0964 e. The molecule has 0 spiro atoms. The average molecular weight is 336 g/mol. The highest BCUT2D eigenvalue weighted by molar-refractivity contribution is 7.10. The first-order valence-electron chi connectivity index (χ1n) is 8.82. The predicted molar refractivity (Wildman–Crippen MR) is 109 cm³/mol. The zero-order valence-corrected chi connectivity index (χ0v) is 16.8. The summed E-state index contributed by atoms with van der Waals surface area (Å²) in [5, 5.41) is 0. The van der Waals surface area contributed by atoms with Gasteiger partial charge in [0.2, 0.25) is 0 Å². The van der Waals surface area contributed by atoms with E-state index in [-0.39, 0.29) is 0 Å². The van der Waals surface area contributed by atoms with Crippen molar-refractivity contribution < 1.29 is 1.37 Å². The highest BCUT2D eigenvalue weighted by Crippen LogP contribution is 2.47. The molecule has 0 aromatic heterocycles. The summed E-state index contributed by atoms with van der Waals surface area (Å²) in [6, 6.07) is 21.3. The van der Waals surface area contributed by atoms with Gasteiger partial charge in [-0.3, -0.25) is 0 Å². The van der Waals surface area contributed by atoms with Crippen molar-refractivity contribution in [1.82, 2.24) is 0 Å². The van der Waals surface area contributed by atoms with Crippen LogP contribution in [0.2, 0.25) is 32.7 Å². The van der Waals surface area contributed by atoms with Gasteiger partial charge >= 0.3 is 0 Å². The van der Waals surface area contributed by atoms with Crippen molar-refractivity contribution in [1.29, 1.82) is 0 Å². The summed E-state index contributed by atoms with van der Waals surface area (Å²) in [4.78, 5) is 1.63. The van der Waals surface area contributed by atoms with Gasteiger partial charge in [-0.25, -0.2) is 0 Å². The molecule has 1 heterocycles. The molecule has 0 unspecified atom stereocenters. The van der Waals surface area contributed by atoms with Crippen molar-refractivity contribution in [3.05, 3.63) is 82.3 Å². The Balaban J connectivity index is 2.38. The molecule has 0 nitrogen and oxygen atoms in total. The SMILES string of the molecule is [2H]C1=C(c2ccccc2)C(c2ccccc2)=C([Si](C)(C)C)[Si]1(C)C. The van der Waals surface area contributed by atoms with E-state index in [2.05, 4.69) is 93.4 Å². The van der Waals surface area contributed by atoms with Crippen LogP contribution in [0, 0.1) is 0 Å². The first-order chi connectivity index (χ1) is 11.2. The van der Waals surface area contributed by atoms with Gasteiger partial charge < -0.3 is 0 Å². The Bertz CT molecular complexity index is 810. The molecule has 0 fully saturated rings. The highest BCUT2D eigenvalue weighted by Gasteiger charge is 2.41. The van der Waals surface area contributed by atoms with Crippen LogP contribution < -0.4 is 0 Å². The molecule has 2 aromatic rings. The third kappa shape index (κ3) is 3.06. The van der Waals surface area contributed by atoms with Gasteiger partial charge in [-0.15, -0.1) is 0 Å². The van der Waals surface area contributed by atoms with Crippen molar-refractivity contribution >= 4 is 27.3 Å². The van der Waals surface area contributed by atoms with E-state index in [0.29, 0.717) is 0 Å². The summed E-state index contributed by atoms with van der Waals surface area (Å²) in [5.74, 6) is 0. The van der Waals surface area contributed by atoms with Crippen LogP contribution in [0.4, 0.5) is 0 Å². The highest BCUT2D eigenvalue weighted by atomic mass is 28.4. The first-order valence-corrected chi connectivity index (χ1v) is 14.8. The van der Waals surface area contributed by atoms with E-state index in [1.54, 1.807) is 4.82 Å². The Hall–Kier alpha value is -1.65. The van der Waals surface area contributed by atoms with Gasteiger partial charge in [-0.1, -0.05) is 104 Å². The maximum Gasteiger partial charge on any atom is 0.0964 e. The number of hydrogen-bond acceptors (Lipinski definition) is 0. The summed E-state index contributed by atoms with van der Waals surface area (Å²) in [7, 11) is -3.45. The molecule has 0 radical (unpaired) electrons. The van der Waals surface area contributed by atoms with Crippen molar-refractivity contribution in [3.8, 4) is 0 Å². The van der Waals surface area contributed by atoms with Crippen LogP contribution in [0.5, 0.6) is 0 Å². The summed E-state index contributed by atoms with van der Waals surface area (Å²) < 4.78 is 9.04. The molecule has 0 bridgehead atoms. The lowest BCUT2D eigenvalue weighted by Gasteiger charge is -2.31. The molecule has 0 N–H and O–H groups in total. The maximum atomic E-state index is 9.04. The van der Waals surface area contributed by atoms with Crippen LogP contribution in [0.15, 0.2) is 71.2 Å². The lowest BCUT2D eigenvalue weighted by atomic mass is 9.95. The van der Waals surface area contributed by atoms with Crippen LogP contribution in [0.3, 0.4) is 0 Å². The predicted octanol–water partition coefficient (Wildman–Crippen LogP) is 6.20. The molecule has 2 heteroatoms. The summed E-state index contributed by atoms with van der Waals surface area (Å²) in [5.41, 5.74) is 5.90. The fourth-order valence-corrected chi connectivity index (χ4v) is 14.5. The fourth-order valence-electron chi connectivity index (χ4n) is 3.90. The second kappa shape index (κ2) is 5.77. The molecule has 3 rings (SSSR count). The quantitative estimate of drug-likeness (QED) is 0.586. The number of rotatable bonds is 3. The monoisotopic (exact) mass is 335 g/mol. The average Bonchev–Trinajstić information content (AvgIpc) is 2.76. The van der Waals surface area contributed by atoms with Gasteiger partial charge in [0.25, 0.3) is 0 Å². The molecular weight excluding hydrogens is 308 g/mol. The minimum Gasteiger partial charge on any atom is -0.0825 e. The van der Waals surface area contributed by atoms with Gasteiger partial charge in [0.1, 0.15) is 0 Å². The Morgan fingerprint density at radius 2 is 1.26 bits per heavy atom. The van der Waals surface area contributed by atoms with E-state index in [1.807, 2.05) is 0 Å². The van der Waals surface area contributed by atoms with E-state index in [4.69, 9.17) is 1.37 Å². The van der Waals surface area contributed by atoms with Gasteiger partial charge in [-0.2, -0.15) is 0 Å². The summed E-state index contributed by atoms with van der Waals surface area (Å²) in [6.45, 7) is 12.0. The van der Waals surface area contributed by atoms with Gasteiger partial charge in [0.15, 0.2) is 0 Å². The second-order valence-corrected chi connectivity index (χ2v) is 17.4. The smallest absolute Gasteiger partial charge is 0.0825 e. The first kappa shape index (κ1) is 14.9. The van der Waals surface area contributed by atoms with Crippen molar-refractivity contribution in [3.63, 3.8) is 0 Å². The van der Waals surface area contributed by atoms with Gasteiger partial charge in [-0.05, 0) is 22.3 Å². The Labute approximate surface area is 144 Å². The number of allylic oxidation sites excluding steroid dienone is 2. The molecule has 0 aliphatic carbocycles. The fraction of sp³-hybridized carbons (Fsp3) is 0.238. The molecule has 2 aromatic carbocycles. The molecule has 118 valence electrons. The molecule has 1 aliphatic heterocycles.